The van der Waals surface area contributed by atoms with Crippen molar-refractivity contribution < 1.29 is 4.74 Å². The molecule has 0 N–H and O–H groups in total. The molecule has 1 aliphatic heterocycles. The van der Waals surface area contributed by atoms with Crippen molar-refractivity contribution in [1.82, 2.24) is 9.80 Å². The maximum absolute atomic E-state index is 7.01. The second kappa shape index (κ2) is 8.14. The number of nitrogens with zero attached hydrogens (tertiary/aromatic N) is 2. The molecule has 2 aromatic rings. The average Bonchev–Trinajstić information content (AvgIpc) is 2.67. The van der Waals surface area contributed by atoms with Gasteiger partial charge >= 0.3 is 0 Å². The number of hydrogen-bond acceptors (Lipinski definition) is 3. The van der Waals surface area contributed by atoms with Crippen LogP contribution in [-0.4, -0.2) is 56.2 Å². The van der Waals surface area contributed by atoms with Gasteiger partial charge in [-0.05, 0) is 51.0 Å². The number of rotatable bonds is 5. The van der Waals surface area contributed by atoms with Gasteiger partial charge in [0.15, 0.2) is 0 Å². The second-order valence-electron chi connectivity index (χ2n) is 8.56. The Kier molecular flexibility index (Phi) is 5.63. The Morgan fingerprint density at radius 3 is 2.04 bits per heavy atom. The van der Waals surface area contributed by atoms with E-state index in [2.05, 4.69) is 91.6 Å². The summed E-state index contributed by atoms with van der Waals surface area (Å²) >= 11 is 0. The van der Waals surface area contributed by atoms with E-state index in [0.29, 0.717) is 24.0 Å². The number of fused-ring (bicyclic) bond motifs is 2. The van der Waals surface area contributed by atoms with Crippen LogP contribution in [0.4, 0.5) is 0 Å². The van der Waals surface area contributed by atoms with E-state index in [-0.39, 0.29) is 6.10 Å². The van der Waals surface area contributed by atoms with Gasteiger partial charge in [0.2, 0.25) is 0 Å². The number of benzene rings is 2. The molecule has 0 radical (unpaired) electrons. The van der Waals surface area contributed by atoms with Crippen molar-refractivity contribution in [3.8, 4) is 0 Å². The number of hydrogen-bond donors (Lipinski definition) is 0. The van der Waals surface area contributed by atoms with Gasteiger partial charge in [0, 0.05) is 25.0 Å². The largest absolute Gasteiger partial charge is 0.365 e. The lowest BCUT2D eigenvalue weighted by Crippen LogP contribution is -2.59. The van der Waals surface area contributed by atoms with E-state index in [9.17, 15) is 0 Å². The van der Waals surface area contributed by atoms with Crippen LogP contribution in [0.5, 0.6) is 0 Å². The molecule has 3 heteroatoms. The molecule has 0 spiro atoms. The van der Waals surface area contributed by atoms with E-state index in [1.54, 1.807) is 0 Å². The molecule has 27 heavy (non-hydrogen) atoms. The maximum atomic E-state index is 7.01. The zero-order valence-electron chi connectivity index (χ0n) is 16.8. The number of likely N-dealkylation sites (tertiary alicyclic amines) is 1. The normalized spacial score (nSPS) is 28.6. The van der Waals surface area contributed by atoms with E-state index < -0.39 is 0 Å². The van der Waals surface area contributed by atoms with E-state index in [4.69, 9.17) is 4.74 Å². The van der Waals surface area contributed by atoms with Gasteiger partial charge in [-0.3, -0.25) is 0 Å². The van der Waals surface area contributed by atoms with E-state index in [0.717, 1.165) is 13.1 Å². The first-order valence-corrected chi connectivity index (χ1v) is 10.2. The summed E-state index contributed by atoms with van der Waals surface area (Å²) in [6, 6.07) is 22.0. The zero-order chi connectivity index (χ0) is 18.8. The fraction of sp³-hybridized carbons (Fsp3) is 0.500. The molecule has 144 valence electrons. The van der Waals surface area contributed by atoms with Crippen molar-refractivity contribution in [2.24, 2.45) is 11.8 Å². The average molecular weight is 365 g/mol. The molecule has 3 nitrogen and oxygen atoms in total. The molecular formula is C24H32N2O. The standard InChI is InChI=1S/C24H32N2O/c1-25(2)22-15-14-20-16-26(3)17-21(22)24(20)27-23(18-10-6-4-7-11-18)19-12-8-5-9-13-19/h4-13,20-24H,14-17H2,1-3H3/t20?,21?,22-,24+/m1/s1. The third-order valence-corrected chi connectivity index (χ3v) is 6.44. The van der Waals surface area contributed by atoms with Crippen LogP contribution < -0.4 is 0 Å². The highest BCUT2D eigenvalue weighted by Crippen LogP contribution is 2.41. The van der Waals surface area contributed by atoms with Gasteiger partial charge in [-0.15, -0.1) is 0 Å². The van der Waals surface area contributed by atoms with E-state index in [1.165, 1.54) is 24.0 Å². The first-order chi connectivity index (χ1) is 13.1. The molecule has 2 aliphatic rings. The SMILES string of the molecule is CN1CC2CC[C@@H](N(C)C)C(C1)[C@H]2OC(c1ccccc1)c1ccccc1. The first kappa shape index (κ1) is 18.7. The fourth-order valence-electron chi connectivity index (χ4n) is 5.20. The van der Waals surface area contributed by atoms with Crippen molar-refractivity contribution >= 4 is 0 Å². The molecule has 2 unspecified atom stereocenters. The molecule has 2 aromatic carbocycles. The van der Waals surface area contributed by atoms with Crippen LogP contribution in [0.2, 0.25) is 0 Å². The second-order valence-corrected chi connectivity index (χ2v) is 8.56. The zero-order valence-corrected chi connectivity index (χ0v) is 16.8. The van der Waals surface area contributed by atoms with Gasteiger partial charge in [-0.1, -0.05) is 60.7 Å². The summed E-state index contributed by atoms with van der Waals surface area (Å²) in [5, 5.41) is 0. The third-order valence-electron chi connectivity index (χ3n) is 6.44. The highest BCUT2D eigenvalue weighted by molar-refractivity contribution is 5.30. The molecule has 4 rings (SSSR count). The lowest BCUT2D eigenvalue weighted by atomic mass is 9.71. The topological polar surface area (TPSA) is 15.7 Å². The smallest absolute Gasteiger partial charge is 0.108 e. The molecule has 0 amide bonds. The van der Waals surface area contributed by atoms with Crippen LogP contribution in [0.15, 0.2) is 60.7 Å². The Labute approximate surface area is 163 Å². The first-order valence-electron chi connectivity index (χ1n) is 10.2. The monoisotopic (exact) mass is 364 g/mol. The molecular weight excluding hydrogens is 332 g/mol. The predicted molar refractivity (Wildman–Crippen MR) is 111 cm³/mol. The number of ether oxygens (including phenoxy) is 1. The Hall–Kier alpha value is -1.68. The predicted octanol–water partition coefficient (Wildman–Crippen LogP) is 4.06. The fourth-order valence-corrected chi connectivity index (χ4v) is 5.20. The molecule has 2 fully saturated rings. The van der Waals surface area contributed by atoms with Crippen molar-refractivity contribution in [2.75, 3.05) is 34.2 Å². The Bertz CT molecular complexity index is 678. The lowest BCUT2D eigenvalue weighted by molar-refractivity contribution is -0.132. The molecule has 1 aliphatic carbocycles. The van der Waals surface area contributed by atoms with Gasteiger partial charge in [0.1, 0.15) is 6.10 Å². The summed E-state index contributed by atoms with van der Waals surface area (Å²) in [6.45, 7) is 2.28. The van der Waals surface area contributed by atoms with E-state index >= 15 is 0 Å². The van der Waals surface area contributed by atoms with Crippen LogP contribution in [0.3, 0.4) is 0 Å². The van der Waals surface area contributed by atoms with Gasteiger partial charge in [0.05, 0.1) is 6.10 Å². The van der Waals surface area contributed by atoms with Crippen LogP contribution in [0.1, 0.15) is 30.1 Å². The molecule has 2 bridgehead atoms. The van der Waals surface area contributed by atoms with Crippen LogP contribution in [-0.2, 0) is 4.74 Å². The summed E-state index contributed by atoms with van der Waals surface area (Å²) in [5.74, 6) is 1.19. The molecule has 0 aromatic heterocycles. The van der Waals surface area contributed by atoms with Gasteiger partial charge < -0.3 is 14.5 Å². The summed E-state index contributed by atoms with van der Waals surface area (Å²) in [4.78, 5) is 4.92. The number of piperidine rings is 1. The van der Waals surface area contributed by atoms with Gasteiger partial charge in [0.25, 0.3) is 0 Å². The highest BCUT2D eigenvalue weighted by Gasteiger charge is 2.46. The highest BCUT2D eigenvalue weighted by atomic mass is 16.5. The summed E-state index contributed by atoms with van der Waals surface area (Å²) < 4.78 is 7.01. The lowest BCUT2D eigenvalue weighted by Gasteiger charge is -2.52. The maximum Gasteiger partial charge on any atom is 0.108 e. The van der Waals surface area contributed by atoms with E-state index in [1.807, 2.05) is 0 Å². The third kappa shape index (κ3) is 3.96. The summed E-state index contributed by atoms with van der Waals surface area (Å²) in [5.41, 5.74) is 2.50. The Balaban J connectivity index is 1.66. The Morgan fingerprint density at radius 1 is 0.889 bits per heavy atom. The molecule has 4 atom stereocenters. The minimum absolute atomic E-state index is 0.00622. The molecule has 1 saturated carbocycles. The summed E-state index contributed by atoms with van der Waals surface area (Å²) in [7, 11) is 6.71. The minimum atomic E-state index is 0.00622. The van der Waals surface area contributed by atoms with Gasteiger partial charge in [-0.25, -0.2) is 0 Å². The van der Waals surface area contributed by atoms with Crippen molar-refractivity contribution in [3.63, 3.8) is 0 Å². The van der Waals surface area contributed by atoms with Crippen molar-refractivity contribution in [2.45, 2.75) is 31.1 Å². The summed E-state index contributed by atoms with van der Waals surface area (Å²) in [6.07, 6.45) is 2.86. The quantitative estimate of drug-likeness (QED) is 0.796. The minimum Gasteiger partial charge on any atom is -0.365 e. The van der Waals surface area contributed by atoms with Crippen molar-refractivity contribution in [1.29, 1.82) is 0 Å². The molecule has 1 heterocycles. The Morgan fingerprint density at radius 2 is 1.48 bits per heavy atom. The van der Waals surface area contributed by atoms with Crippen molar-refractivity contribution in [3.05, 3.63) is 71.8 Å². The molecule has 1 saturated heterocycles. The van der Waals surface area contributed by atoms with Crippen LogP contribution in [0, 0.1) is 11.8 Å². The van der Waals surface area contributed by atoms with Crippen LogP contribution >= 0.6 is 0 Å². The van der Waals surface area contributed by atoms with Gasteiger partial charge in [-0.2, -0.15) is 0 Å². The van der Waals surface area contributed by atoms with Crippen LogP contribution in [0.25, 0.3) is 0 Å².